The maximum absolute atomic E-state index is 10.8. The van der Waals surface area contributed by atoms with E-state index in [9.17, 15) is 4.79 Å². The Hall–Kier alpha value is -1.55. The van der Waals surface area contributed by atoms with Gasteiger partial charge >= 0.3 is 6.03 Å². The zero-order valence-electron chi connectivity index (χ0n) is 6.60. The quantitative estimate of drug-likeness (QED) is 0.626. The van der Waals surface area contributed by atoms with Gasteiger partial charge in [-0.15, -0.1) is 0 Å². The molecular weight excluding hydrogens is 154 g/mol. The van der Waals surface area contributed by atoms with E-state index in [1.54, 1.807) is 12.1 Å². The van der Waals surface area contributed by atoms with Gasteiger partial charge in [0.2, 0.25) is 0 Å². The standard InChI is InChI=1S/C8H11N3O/c9-6-11(8(10)12)7-4-2-1-3-5-7/h1-5H,6,9H2,(H2,10,12). The summed E-state index contributed by atoms with van der Waals surface area (Å²) in [5.41, 5.74) is 11.1. The lowest BCUT2D eigenvalue weighted by molar-refractivity contribution is 0.254. The lowest BCUT2D eigenvalue weighted by Gasteiger charge is -2.17. The Balaban J connectivity index is 2.88. The lowest BCUT2D eigenvalue weighted by Crippen LogP contribution is -2.39. The van der Waals surface area contributed by atoms with E-state index >= 15 is 0 Å². The molecule has 0 atom stereocenters. The summed E-state index contributed by atoms with van der Waals surface area (Å²) >= 11 is 0. The van der Waals surface area contributed by atoms with Gasteiger partial charge in [-0.05, 0) is 12.1 Å². The second kappa shape index (κ2) is 3.73. The summed E-state index contributed by atoms with van der Waals surface area (Å²) in [6.07, 6.45) is 0. The summed E-state index contributed by atoms with van der Waals surface area (Å²) in [7, 11) is 0. The number of nitrogens with two attached hydrogens (primary N) is 2. The van der Waals surface area contributed by atoms with Gasteiger partial charge < -0.3 is 11.5 Å². The van der Waals surface area contributed by atoms with E-state index in [1.165, 1.54) is 4.90 Å². The van der Waals surface area contributed by atoms with Crippen molar-refractivity contribution in [2.75, 3.05) is 11.6 Å². The van der Waals surface area contributed by atoms with Crippen molar-refractivity contribution in [2.24, 2.45) is 11.5 Å². The molecule has 0 fully saturated rings. The summed E-state index contributed by atoms with van der Waals surface area (Å²) in [5, 5.41) is 0. The number of carbonyl (C=O) groups excluding carboxylic acids is 1. The van der Waals surface area contributed by atoms with E-state index in [0.717, 1.165) is 0 Å². The molecule has 4 heteroatoms. The maximum atomic E-state index is 10.8. The Kier molecular flexibility index (Phi) is 2.66. The molecule has 1 rings (SSSR count). The summed E-state index contributed by atoms with van der Waals surface area (Å²) in [6.45, 7) is 0.0966. The van der Waals surface area contributed by atoms with E-state index in [1.807, 2.05) is 18.2 Å². The van der Waals surface area contributed by atoms with Gasteiger partial charge in [-0.3, -0.25) is 4.90 Å². The molecule has 0 aliphatic heterocycles. The number of amides is 2. The molecule has 0 radical (unpaired) electrons. The van der Waals surface area contributed by atoms with Gasteiger partial charge in [0, 0.05) is 5.69 Å². The van der Waals surface area contributed by atoms with Crippen LogP contribution in [-0.4, -0.2) is 12.7 Å². The van der Waals surface area contributed by atoms with Gasteiger partial charge in [0.25, 0.3) is 0 Å². The Bertz CT molecular complexity index is 260. The number of para-hydroxylation sites is 1. The van der Waals surface area contributed by atoms with Crippen LogP contribution < -0.4 is 16.4 Å². The minimum absolute atomic E-state index is 0.0966. The Morgan fingerprint density at radius 2 is 1.92 bits per heavy atom. The minimum atomic E-state index is -0.538. The van der Waals surface area contributed by atoms with Gasteiger partial charge in [-0.2, -0.15) is 0 Å². The molecule has 0 unspecified atom stereocenters. The molecule has 0 aliphatic carbocycles. The molecule has 4 N–H and O–H groups in total. The molecule has 0 spiro atoms. The molecule has 0 saturated heterocycles. The van der Waals surface area contributed by atoms with Crippen molar-refractivity contribution in [1.29, 1.82) is 0 Å². The molecular formula is C8H11N3O. The molecule has 4 nitrogen and oxygen atoms in total. The highest BCUT2D eigenvalue weighted by molar-refractivity contribution is 5.90. The monoisotopic (exact) mass is 165 g/mol. The van der Waals surface area contributed by atoms with Gasteiger partial charge in [0.1, 0.15) is 0 Å². The van der Waals surface area contributed by atoms with Crippen LogP contribution in [-0.2, 0) is 0 Å². The fourth-order valence-corrected chi connectivity index (χ4v) is 0.931. The molecule has 64 valence electrons. The fraction of sp³-hybridized carbons (Fsp3) is 0.125. The van der Waals surface area contributed by atoms with Crippen molar-refractivity contribution in [2.45, 2.75) is 0 Å². The highest BCUT2D eigenvalue weighted by atomic mass is 16.2. The first-order valence-electron chi connectivity index (χ1n) is 3.58. The van der Waals surface area contributed by atoms with Crippen LogP contribution in [0.2, 0.25) is 0 Å². The highest BCUT2D eigenvalue weighted by Crippen LogP contribution is 2.10. The molecule has 0 saturated carbocycles. The van der Waals surface area contributed by atoms with E-state index in [-0.39, 0.29) is 6.67 Å². The molecule has 2 amide bonds. The zero-order chi connectivity index (χ0) is 8.97. The number of anilines is 1. The fourth-order valence-electron chi connectivity index (χ4n) is 0.931. The number of urea groups is 1. The number of primary amides is 1. The molecule has 0 bridgehead atoms. The zero-order valence-corrected chi connectivity index (χ0v) is 6.60. The topological polar surface area (TPSA) is 72.3 Å². The van der Waals surface area contributed by atoms with Crippen LogP contribution in [0.5, 0.6) is 0 Å². The molecule has 0 aliphatic rings. The van der Waals surface area contributed by atoms with Crippen LogP contribution in [0.1, 0.15) is 0 Å². The van der Waals surface area contributed by atoms with Crippen LogP contribution in [0.4, 0.5) is 10.5 Å². The molecule has 1 aromatic carbocycles. The molecule has 12 heavy (non-hydrogen) atoms. The normalized spacial score (nSPS) is 9.42. The predicted octanol–water partition coefficient (Wildman–Crippen LogP) is 0.488. The number of hydrogen-bond donors (Lipinski definition) is 2. The third-order valence-corrected chi connectivity index (χ3v) is 1.52. The number of carbonyl (C=O) groups is 1. The van der Waals surface area contributed by atoms with Crippen LogP contribution in [0, 0.1) is 0 Å². The first-order chi connectivity index (χ1) is 5.75. The second-order valence-electron chi connectivity index (χ2n) is 2.28. The van der Waals surface area contributed by atoms with Gasteiger partial charge in [-0.25, -0.2) is 4.79 Å². The average molecular weight is 165 g/mol. The van der Waals surface area contributed by atoms with Crippen molar-refractivity contribution in [3.05, 3.63) is 30.3 Å². The first kappa shape index (κ1) is 8.55. The van der Waals surface area contributed by atoms with Crippen LogP contribution >= 0.6 is 0 Å². The van der Waals surface area contributed by atoms with Crippen molar-refractivity contribution in [1.82, 2.24) is 0 Å². The van der Waals surface area contributed by atoms with Crippen molar-refractivity contribution in [3.63, 3.8) is 0 Å². The Labute approximate surface area is 70.8 Å². The largest absolute Gasteiger partial charge is 0.351 e. The Morgan fingerprint density at radius 1 is 1.33 bits per heavy atom. The molecule has 0 heterocycles. The van der Waals surface area contributed by atoms with E-state index in [0.29, 0.717) is 5.69 Å². The molecule has 1 aromatic rings. The van der Waals surface area contributed by atoms with E-state index in [2.05, 4.69) is 0 Å². The van der Waals surface area contributed by atoms with E-state index < -0.39 is 6.03 Å². The van der Waals surface area contributed by atoms with Gasteiger partial charge in [0.05, 0.1) is 6.67 Å². The van der Waals surface area contributed by atoms with Crippen molar-refractivity contribution < 1.29 is 4.79 Å². The SMILES string of the molecule is NCN(C(N)=O)c1ccccc1. The van der Waals surface area contributed by atoms with Gasteiger partial charge in [0.15, 0.2) is 0 Å². The smallest absolute Gasteiger partial charge is 0.320 e. The maximum Gasteiger partial charge on any atom is 0.320 e. The number of rotatable bonds is 2. The third kappa shape index (κ3) is 1.73. The number of nitrogens with zero attached hydrogens (tertiary/aromatic N) is 1. The highest BCUT2D eigenvalue weighted by Gasteiger charge is 2.07. The van der Waals surface area contributed by atoms with Crippen molar-refractivity contribution >= 4 is 11.7 Å². The van der Waals surface area contributed by atoms with Crippen LogP contribution in [0.25, 0.3) is 0 Å². The Morgan fingerprint density at radius 3 is 2.33 bits per heavy atom. The molecule has 0 aromatic heterocycles. The summed E-state index contributed by atoms with van der Waals surface area (Å²) < 4.78 is 0. The number of benzene rings is 1. The van der Waals surface area contributed by atoms with E-state index in [4.69, 9.17) is 11.5 Å². The second-order valence-corrected chi connectivity index (χ2v) is 2.28. The van der Waals surface area contributed by atoms with Crippen LogP contribution in [0.3, 0.4) is 0 Å². The summed E-state index contributed by atoms with van der Waals surface area (Å²) in [5.74, 6) is 0. The van der Waals surface area contributed by atoms with Crippen LogP contribution in [0.15, 0.2) is 30.3 Å². The average Bonchev–Trinajstić information content (AvgIpc) is 2.07. The summed E-state index contributed by atoms with van der Waals surface area (Å²) in [6, 6.07) is 8.51. The first-order valence-corrected chi connectivity index (χ1v) is 3.58. The minimum Gasteiger partial charge on any atom is -0.351 e. The summed E-state index contributed by atoms with van der Waals surface area (Å²) in [4.78, 5) is 12.1. The van der Waals surface area contributed by atoms with Gasteiger partial charge in [-0.1, -0.05) is 18.2 Å². The third-order valence-electron chi connectivity index (χ3n) is 1.52. The van der Waals surface area contributed by atoms with Crippen molar-refractivity contribution in [3.8, 4) is 0 Å². The number of hydrogen-bond acceptors (Lipinski definition) is 2. The predicted molar refractivity (Wildman–Crippen MR) is 47.6 cm³/mol. The lowest BCUT2D eigenvalue weighted by atomic mass is 10.3.